The van der Waals surface area contributed by atoms with Crippen LogP contribution in [0.25, 0.3) is 0 Å². The molecule has 7 heteroatoms. The molecule has 1 aromatic carbocycles. The fourth-order valence-electron chi connectivity index (χ4n) is 2.89. The lowest BCUT2D eigenvalue weighted by molar-refractivity contribution is 0.0948. The summed E-state index contributed by atoms with van der Waals surface area (Å²) in [6.07, 6.45) is 9.25. The van der Waals surface area contributed by atoms with E-state index >= 15 is 0 Å². The average Bonchev–Trinajstić information content (AvgIpc) is 2.69. The monoisotopic (exact) mass is 405 g/mol. The smallest absolute Gasteiger partial charge is 0.271 e. The number of benzene rings is 1. The zero-order valence-corrected chi connectivity index (χ0v) is 16.5. The fourth-order valence-corrected chi connectivity index (χ4v) is 3.87. The highest BCUT2D eigenvalue weighted by Gasteiger charge is 2.15. The minimum absolute atomic E-state index is 0.153. The van der Waals surface area contributed by atoms with E-state index in [1.54, 1.807) is 18.2 Å². The molecule has 1 amide bonds. The second-order valence-electron chi connectivity index (χ2n) is 6.34. The summed E-state index contributed by atoms with van der Waals surface area (Å²) >= 11 is 7.36. The average molecular weight is 406 g/mol. The van der Waals surface area contributed by atoms with Gasteiger partial charge in [-0.25, -0.2) is 14.4 Å². The maximum absolute atomic E-state index is 13.7. The predicted octanol–water partition coefficient (Wildman–Crippen LogP) is 5.18. The van der Waals surface area contributed by atoms with Crippen molar-refractivity contribution in [3.8, 4) is 0 Å². The van der Waals surface area contributed by atoms with E-state index in [4.69, 9.17) is 11.6 Å². The topological polar surface area (TPSA) is 54.9 Å². The van der Waals surface area contributed by atoms with Crippen molar-refractivity contribution in [3.63, 3.8) is 0 Å². The lowest BCUT2D eigenvalue weighted by Crippen LogP contribution is -2.26. The van der Waals surface area contributed by atoms with Gasteiger partial charge in [0, 0.05) is 12.3 Å². The molecule has 0 aliphatic heterocycles. The molecular weight excluding hydrogens is 385 g/mol. The highest BCUT2D eigenvalue weighted by molar-refractivity contribution is 7.98. The normalized spacial score (nSPS) is 13.9. The van der Waals surface area contributed by atoms with Crippen LogP contribution in [0.5, 0.6) is 0 Å². The van der Waals surface area contributed by atoms with Crippen LogP contribution >= 0.6 is 23.4 Å². The molecule has 0 saturated carbocycles. The van der Waals surface area contributed by atoms with Gasteiger partial charge in [-0.1, -0.05) is 53.2 Å². The number of amides is 1. The molecular formula is C20H21ClFN3OS. The third-order valence-electron chi connectivity index (χ3n) is 4.37. The van der Waals surface area contributed by atoms with Gasteiger partial charge in [0.1, 0.15) is 5.82 Å². The van der Waals surface area contributed by atoms with Crippen LogP contribution < -0.4 is 5.32 Å². The molecule has 27 heavy (non-hydrogen) atoms. The molecule has 0 atom stereocenters. The maximum atomic E-state index is 13.7. The van der Waals surface area contributed by atoms with E-state index in [-0.39, 0.29) is 22.4 Å². The first-order valence-electron chi connectivity index (χ1n) is 8.98. The van der Waals surface area contributed by atoms with Gasteiger partial charge in [-0.05, 0) is 43.7 Å². The van der Waals surface area contributed by atoms with Gasteiger partial charge >= 0.3 is 0 Å². The summed E-state index contributed by atoms with van der Waals surface area (Å²) in [4.78, 5) is 20.8. The minimum Gasteiger partial charge on any atom is -0.350 e. The quantitative estimate of drug-likeness (QED) is 0.391. The first-order valence-corrected chi connectivity index (χ1v) is 10.3. The van der Waals surface area contributed by atoms with Gasteiger partial charge in [0.05, 0.1) is 11.2 Å². The van der Waals surface area contributed by atoms with E-state index in [0.717, 1.165) is 19.3 Å². The molecule has 4 nitrogen and oxygen atoms in total. The Morgan fingerprint density at radius 3 is 2.93 bits per heavy atom. The number of rotatable bonds is 7. The number of carbonyl (C=O) groups excluding carboxylic acids is 1. The van der Waals surface area contributed by atoms with Gasteiger partial charge in [0.2, 0.25) is 0 Å². The molecule has 0 saturated heterocycles. The fraction of sp³-hybridized carbons (Fsp3) is 0.350. The number of halogens is 2. The van der Waals surface area contributed by atoms with Crippen LogP contribution in [-0.2, 0) is 5.75 Å². The molecule has 142 valence electrons. The lowest BCUT2D eigenvalue weighted by Gasteiger charge is -2.13. The maximum Gasteiger partial charge on any atom is 0.271 e. The lowest BCUT2D eigenvalue weighted by atomic mass is 9.97. The van der Waals surface area contributed by atoms with Crippen molar-refractivity contribution in [1.82, 2.24) is 15.3 Å². The van der Waals surface area contributed by atoms with E-state index in [9.17, 15) is 9.18 Å². The zero-order valence-electron chi connectivity index (χ0n) is 14.9. The Morgan fingerprint density at radius 2 is 2.15 bits per heavy atom. The zero-order chi connectivity index (χ0) is 19.1. The SMILES string of the molecule is O=C(NCCC1=CCCCC1)c1nc(SCc2ccccc2F)ncc1Cl. The van der Waals surface area contributed by atoms with Crippen molar-refractivity contribution in [2.24, 2.45) is 0 Å². The van der Waals surface area contributed by atoms with Gasteiger partial charge in [0.25, 0.3) is 5.91 Å². The second kappa shape index (κ2) is 9.85. The van der Waals surface area contributed by atoms with Crippen LogP contribution in [0.2, 0.25) is 5.02 Å². The predicted molar refractivity (Wildman–Crippen MR) is 107 cm³/mol. The Labute approximate surface area is 167 Å². The van der Waals surface area contributed by atoms with Crippen molar-refractivity contribution >= 4 is 29.3 Å². The Kier molecular flexibility index (Phi) is 7.24. The summed E-state index contributed by atoms with van der Waals surface area (Å²) in [7, 11) is 0. The van der Waals surface area contributed by atoms with Crippen molar-refractivity contribution in [3.05, 3.63) is 64.2 Å². The van der Waals surface area contributed by atoms with Gasteiger partial charge in [-0.15, -0.1) is 0 Å². The van der Waals surface area contributed by atoms with E-state index in [0.29, 0.717) is 23.0 Å². The largest absolute Gasteiger partial charge is 0.350 e. The van der Waals surface area contributed by atoms with E-state index < -0.39 is 0 Å². The first kappa shape index (κ1) is 19.8. The van der Waals surface area contributed by atoms with Gasteiger partial charge < -0.3 is 5.32 Å². The summed E-state index contributed by atoms with van der Waals surface area (Å²) in [5, 5.41) is 3.47. The van der Waals surface area contributed by atoms with Crippen molar-refractivity contribution in [2.45, 2.75) is 43.0 Å². The molecule has 2 aromatic rings. The Hall–Kier alpha value is -1.92. The van der Waals surface area contributed by atoms with Crippen molar-refractivity contribution < 1.29 is 9.18 Å². The number of thioether (sulfide) groups is 1. The van der Waals surface area contributed by atoms with Crippen LogP contribution in [0, 0.1) is 5.82 Å². The van der Waals surface area contributed by atoms with Gasteiger partial charge in [-0.3, -0.25) is 4.79 Å². The van der Waals surface area contributed by atoms with Gasteiger partial charge in [-0.2, -0.15) is 0 Å². The Morgan fingerprint density at radius 1 is 1.30 bits per heavy atom. The van der Waals surface area contributed by atoms with Crippen LogP contribution in [0.4, 0.5) is 4.39 Å². The molecule has 1 aliphatic carbocycles. The van der Waals surface area contributed by atoms with Crippen LogP contribution in [0.1, 0.15) is 48.2 Å². The van der Waals surface area contributed by atoms with E-state index in [1.807, 2.05) is 0 Å². The third-order valence-corrected chi connectivity index (χ3v) is 5.56. The van der Waals surface area contributed by atoms with E-state index in [1.165, 1.54) is 42.4 Å². The molecule has 0 unspecified atom stereocenters. The van der Waals surface area contributed by atoms with Crippen molar-refractivity contribution in [1.29, 1.82) is 0 Å². The summed E-state index contributed by atoms with van der Waals surface area (Å²) in [6, 6.07) is 6.56. The second-order valence-corrected chi connectivity index (χ2v) is 7.69. The number of nitrogens with one attached hydrogen (secondary N) is 1. The molecule has 0 fully saturated rings. The molecule has 1 aliphatic rings. The first-order chi connectivity index (χ1) is 13.1. The number of allylic oxidation sites excluding steroid dienone is 1. The molecule has 0 bridgehead atoms. The van der Waals surface area contributed by atoms with Crippen LogP contribution in [0.15, 0.2) is 47.3 Å². The number of nitrogens with zero attached hydrogens (tertiary/aromatic N) is 2. The summed E-state index contributed by atoms with van der Waals surface area (Å²) < 4.78 is 13.7. The van der Waals surface area contributed by atoms with Gasteiger partial charge in [0.15, 0.2) is 10.9 Å². The molecule has 0 radical (unpaired) electrons. The number of hydrogen-bond acceptors (Lipinski definition) is 4. The third kappa shape index (κ3) is 5.78. The van der Waals surface area contributed by atoms with Crippen LogP contribution in [0.3, 0.4) is 0 Å². The highest BCUT2D eigenvalue weighted by Crippen LogP contribution is 2.23. The van der Waals surface area contributed by atoms with Crippen molar-refractivity contribution in [2.75, 3.05) is 6.54 Å². The highest BCUT2D eigenvalue weighted by atomic mass is 35.5. The summed E-state index contributed by atoms with van der Waals surface area (Å²) in [5.41, 5.74) is 2.12. The summed E-state index contributed by atoms with van der Waals surface area (Å²) in [6.45, 7) is 0.558. The van der Waals surface area contributed by atoms with Crippen LogP contribution in [-0.4, -0.2) is 22.4 Å². The Bertz CT molecular complexity index is 844. The molecule has 1 aromatic heterocycles. The minimum atomic E-state index is -0.313. The standard InChI is InChI=1S/C20H21ClFN3OS/c21-16-12-24-20(27-13-15-8-4-5-9-17(15)22)25-18(16)19(26)23-11-10-14-6-2-1-3-7-14/h4-6,8-9,12H,1-3,7,10-11,13H2,(H,23,26). The summed E-state index contributed by atoms with van der Waals surface area (Å²) in [5.74, 6) is -0.204. The van der Waals surface area contributed by atoms with E-state index in [2.05, 4.69) is 21.4 Å². The number of aromatic nitrogens is 2. The molecule has 3 rings (SSSR count). The molecule has 1 N–H and O–H groups in total. The molecule has 0 spiro atoms. The molecule has 1 heterocycles. The Balaban J connectivity index is 1.58. The number of hydrogen-bond donors (Lipinski definition) is 1. The number of carbonyl (C=O) groups is 1.